The van der Waals surface area contributed by atoms with E-state index in [9.17, 15) is 0 Å². The van der Waals surface area contributed by atoms with Crippen LogP contribution in [0.3, 0.4) is 0 Å². The quantitative estimate of drug-likeness (QED) is 0.444. The lowest BCUT2D eigenvalue weighted by Crippen LogP contribution is -2.38. The lowest BCUT2D eigenvalue weighted by atomic mass is 10.2. The summed E-state index contributed by atoms with van der Waals surface area (Å²) < 4.78 is 7.29. The second kappa shape index (κ2) is 9.50. The minimum atomic E-state index is 0.582. The van der Waals surface area contributed by atoms with E-state index in [0.717, 1.165) is 43.3 Å². The number of ether oxygens (including phenoxy) is 1. The van der Waals surface area contributed by atoms with Gasteiger partial charge in [0.15, 0.2) is 5.96 Å². The predicted octanol–water partition coefficient (Wildman–Crippen LogP) is 2.04. The molecule has 6 heteroatoms. The van der Waals surface area contributed by atoms with E-state index in [-0.39, 0.29) is 0 Å². The Kier molecular flexibility index (Phi) is 6.97. The highest BCUT2D eigenvalue weighted by molar-refractivity contribution is 5.79. The fourth-order valence-corrected chi connectivity index (χ4v) is 2.22. The summed E-state index contributed by atoms with van der Waals surface area (Å²) in [7, 11) is 1.68. The lowest BCUT2D eigenvalue weighted by molar-refractivity contribution is 0.410. The van der Waals surface area contributed by atoms with Gasteiger partial charge in [0.2, 0.25) is 0 Å². The highest BCUT2D eigenvalue weighted by Crippen LogP contribution is 2.17. The molecule has 0 aliphatic carbocycles. The van der Waals surface area contributed by atoms with Crippen LogP contribution in [0.1, 0.15) is 18.9 Å². The smallest absolute Gasteiger partial charge is 0.191 e. The van der Waals surface area contributed by atoms with Crippen LogP contribution in [0.25, 0.3) is 0 Å². The number of aryl methyl sites for hydroxylation is 1. The van der Waals surface area contributed by atoms with Gasteiger partial charge in [-0.15, -0.1) is 0 Å². The van der Waals surface area contributed by atoms with Gasteiger partial charge < -0.3 is 15.4 Å². The fourth-order valence-electron chi connectivity index (χ4n) is 2.22. The van der Waals surface area contributed by atoms with Gasteiger partial charge in [-0.25, -0.2) is 4.99 Å². The molecule has 0 spiro atoms. The van der Waals surface area contributed by atoms with Crippen molar-refractivity contribution in [2.75, 3.05) is 20.2 Å². The topological polar surface area (TPSA) is 63.5 Å². The summed E-state index contributed by atoms with van der Waals surface area (Å²) in [6, 6.07) is 9.88. The second-order valence-corrected chi connectivity index (χ2v) is 5.06. The molecule has 0 bridgehead atoms. The Bertz CT molecular complexity index is 595. The first-order chi connectivity index (χ1) is 11.3. The van der Waals surface area contributed by atoms with Crippen LogP contribution in [0, 0.1) is 0 Å². The summed E-state index contributed by atoms with van der Waals surface area (Å²) in [6.07, 6.45) is 4.76. The molecular formula is C17H25N5O. The monoisotopic (exact) mass is 315 g/mol. The largest absolute Gasteiger partial charge is 0.496 e. The number of nitrogens with one attached hydrogen (secondary N) is 2. The Morgan fingerprint density at radius 2 is 2.13 bits per heavy atom. The maximum atomic E-state index is 5.36. The molecule has 0 atom stereocenters. The van der Waals surface area contributed by atoms with Crippen molar-refractivity contribution in [2.24, 2.45) is 4.99 Å². The van der Waals surface area contributed by atoms with Crippen molar-refractivity contribution < 1.29 is 4.74 Å². The van der Waals surface area contributed by atoms with E-state index in [2.05, 4.69) is 27.6 Å². The molecule has 0 fully saturated rings. The first kappa shape index (κ1) is 16.9. The molecule has 0 saturated carbocycles. The van der Waals surface area contributed by atoms with E-state index in [1.807, 2.05) is 41.2 Å². The maximum absolute atomic E-state index is 5.36. The number of hydrogen-bond donors (Lipinski definition) is 2. The summed E-state index contributed by atoms with van der Waals surface area (Å²) in [4.78, 5) is 4.62. The van der Waals surface area contributed by atoms with Crippen LogP contribution in [0.2, 0.25) is 0 Å². The molecule has 2 N–H and O–H groups in total. The molecule has 124 valence electrons. The number of benzene rings is 1. The van der Waals surface area contributed by atoms with Crippen LogP contribution in [-0.2, 0) is 13.1 Å². The molecule has 0 radical (unpaired) electrons. The molecule has 0 saturated heterocycles. The van der Waals surface area contributed by atoms with Crippen molar-refractivity contribution in [3.8, 4) is 5.75 Å². The highest BCUT2D eigenvalue weighted by atomic mass is 16.5. The molecule has 1 aromatic heterocycles. The third-order valence-electron chi connectivity index (χ3n) is 3.36. The summed E-state index contributed by atoms with van der Waals surface area (Å²) in [6.45, 7) is 5.21. The van der Waals surface area contributed by atoms with Crippen molar-refractivity contribution in [3.63, 3.8) is 0 Å². The number of aliphatic imine (C=N–C) groups is 1. The molecule has 2 rings (SSSR count). The van der Waals surface area contributed by atoms with E-state index in [1.54, 1.807) is 13.3 Å². The molecule has 1 aromatic carbocycles. The molecule has 0 aliphatic rings. The lowest BCUT2D eigenvalue weighted by Gasteiger charge is -2.12. The van der Waals surface area contributed by atoms with Gasteiger partial charge >= 0.3 is 0 Å². The van der Waals surface area contributed by atoms with Gasteiger partial charge in [0.25, 0.3) is 0 Å². The van der Waals surface area contributed by atoms with Crippen LogP contribution < -0.4 is 15.4 Å². The van der Waals surface area contributed by atoms with E-state index < -0.39 is 0 Å². The molecular weight excluding hydrogens is 290 g/mol. The van der Waals surface area contributed by atoms with Crippen LogP contribution in [0.15, 0.2) is 47.7 Å². The minimum absolute atomic E-state index is 0.582. The number of para-hydroxylation sites is 1. The molecule has 0 aliphatic heterocycles. The second-order valence-electron chi connectivity index (χ2n) is 5.06. The van der Waals surface area contributed by atoms with E-state index in [4.69, 9.17) is 4.74 Å². The zero-order valence-corrected chi connectivity index (χ0v) is 13.8. The number of guanidine groups is 1. The first-order valence-corrected chi connectivity index (χ1v) is 7.95. The summed E-state index contributed by atoms with van der Waals surface area (Å²) >= 11 is 0. The first-order valence-electron chi connectivity index (χ1n) is 7.95. The highest BCUT2D eigenvalue weighted by Gasteiger charge is 2.02. The Morgan fingerprint density at radius 3 is 2.87 bits per heavy atom. The van der Waals surface area contributed by atoms with Gasteiger partial charge in [-0.05, 0) is 25.5 Å². The zero-order valence-electron chi connectivity index (χ0n) is 13.8. The van der Waals surface area contributed by atoms with E-state index in [0.29, 0.717) is 6.54 Å². The Morgan fingerprint density at radius 1 is 1.26 bits per heavy atom. The van der Waals surface area contributed by atoms with Crippen LogP contribution in [0.4, 0.5) is 0 Å². The molecule has 2 aromatic rings. The molecule has 1 heterocycles. The molecule has 6 nitrogen and oxygen atoms in total. The van der Waals surface area contributed by atoms with Gasteiger partial charge in [-0.1, -0.05) is 18.2 Å². The number of methoxy groups -OCH3 is 1. The molecule has 23 heavy (non-hydrogen) atoms. The van der Waals surface area contributed by atoms with Crippen molar-refractivity contribution in [3.05, 3.63) is 48.3 Å². The minimum Gasteiger partial charge on any atom is -0.496 e. The number of rotatable bonds is 8. The van der Waals surface area contributed by atoms with Crippen LogP contribution in [-0.4, -0.2) is 35.9 Å². The van der Waals surface area contributed by atoms with Gasteiger partial charge in [0.1, 0.15) is 5.75 Å². The maximum Gasteiger partial charge on any atom is 0.191 e. The van der Waals surface area contributed by atoms with Crippen molar-refractivity contribution in [2.45, 2.75) is 26.4 Å². The van der Waals surface area contributed by atoms with Gasteiger partial charge in [0.05, 0.1) is 13.7 Å². The van der Waals surface area contributed by atoms with E-state index >= 15 is 0 Å². The number of nitrogens with zero attached hydrogens (tertiary/aromatic N) is 3. The van der Waals surface area contributed by atoms with Crippen LogP contribution >= 0.6 is 0 Å². The molecule has 0 unspecified atom stereocenters. The Labute approximate surface area is 137 Å². The van der Waals surface area contributed by atoms with Crippen molar-refractivity contribution in [1.82, 2.24) is 20.4 Å². The fraction of sp³-hybridized carbons (Fsp3) is 0.412. The van der Waals surface area contributed by atoms with Gasteiger partial charge in [0, 0.05) is 37.6 Å². The average Bonchev–Trinajstić information content (AvgIpc) is 3.10. The number of hydrogen-bond acceptors (Lipinski definition) is 3. The molecule has 0 amide bonds. The third kappa shape index (κ3) is 5.65. The predicted molar refractivity (Wildman–Crippen MR) is 92.7 cm³/mol. The number of aromatic nitrogens is 2. The summed E-state index contributed by atoms with van der Waals surface area (Å²) in [5, 5.41) is 10.8. The Hall–Kier alpha value is -2.50. The summed E-state index contributed by atoms with van der Waals surface area (Å²) in [5.41, 5.74) is 1.07. The van der Waals surface area contributed by atoms with E-state index in [1.165, 1.54) is 0 Å². The third-order valence-corrected chi connectivity index (χ3v) is 3.36. The van der Waals surface area contributed by atoms with Gasteiger partial charge in [-0.3, -0.25) is 4.68 Å². The van der Waals surface area contributed by atoms with Crippen molar-refractivity contribution in [1.29, 1.82) is 0 Å². The van der Waals surface area contributed by atoms with Crippen LogP contribution in [0.5, 0.6) is 5.75 Å². The Balaban J connectivity index is 1.84. The summed E-state index contributed by atoms with van der Waals surface area (Å²) in [5.74, 6) is 1.68. The average molecular weight is 315 g/mol. The van der Waals surface area contributed by atoms with Crippen molar-refractivity contribution >= 4 is 5.96 Å². The van der Waals surface area contributed by atoms with Gasteiger partial charge in [-0.2, -0.15) is 5.10 Å². The normalized spacial score (nSPS) is 11.3. The standard InChI is InChI=1S/C17H25N5O/c1-3-18-17(19-10-6-12-22-13-7-11-21-22)20-14-15-8-4-5-9-16(15)23-2/h4-5,7-9,11,13H,3,6,10,12,14H2,1-2H3,(H2,18,19,20). The SMILES string of the molecule is CCNC(=NCc1ccccc1OC)NCCCn1cccn1. The zero-order chi connectivity index (χ0) is 16.3.